The van der Waals surface area contributed by atoms with E-state index in [0.29, 0.717) is 0 Å². The lowest BCUT2D eigenvalue weighted by atomic mass is 10.2. The van der Waals surface area contributed by atoms with Gasteiger partial charge in [-0.15, -0.1) is 0 Å². The first kappa shape index (κ1) is 16.4. The molecule has 0 aliphatic rings. The number of hydrogen-bond donors (Lipinski definition) is 3. The van der Waals surface area contributed by atoms with Crippen molar-refractivity contribution in [3.63, 3.8) is 0 Å². The molecule has 29 heavy (non-hydrogen) atoms. The number of sulfone groups is 1. The van der Waals surface area contributed by atoms with Gasteiger partial charge in [0, 0.05) is 35.8 Å². The number of anilines is 4. The van der Waals surface area contributed by atoms with Crippen molar-refractivity contribution < 1.29 is 21.7 Å². The fraction of sp³-hybridized carbons (Fsp3) is 0.111. The first-order valence-corrected chi connectivity index (χ1v) is 9.95. The quantitative estimate of drug-likeness (QED) is 0.555. The van der Waals surface area contributed by atoms with Gasteiger partial charge in [-0.3, -0.25) is 4.79 Å². The van der Waals surface area contributed by atoms with Gasteiger partial charge in [-0.25, -0.2) is 27.8 Å². The Kier molecular flexibility index (Phi) is 4.62. The summed E-state index contributed by atoms with van der Waals surface area (Å²) in [6.07, 6.45) is 4.43. The zero-order chi connectivity index (χ0) is 23.5. The maximum atomic E-state index is 13.1. The number of nitrogens with one attached hydrogen (secondary N) is 3. The molecule has 0 atom stereocenters. The lowest BCUT2D eigenvalue weighted by Crippen LogP contribution is -2.20. The van der Waals surface area contributed by atoms with Gasteiger partial charge in [0.2, 0.25) is 0 Å². The molecular weight excluding hydrogens is 399 g/mol. The SMILES string of the molecule is [2H]C([2H])([2H])NC(=O)c1cnc(Nc2ccc(F)cn2)cc1Nc1ncccc1S(C)(=O)=O. The van der Waals surface area contributed by atoms with Crippen molar-refractivity contribution in [3.05, 3.63) is 60.3 Å². The van der Waals surface area contributed by atoms with Crippen LogP contribution >= 0.6 is 0 Å². The fourth-order valence-electron chi connectivity index (χ4n) is 2.37. The van der Waals surface area contributed by atoms with Crippen LogP contribution in [0.2, 0.25) is 0 Å². The third-order valence-electron chi connectivity index (χ3n) is 3.67. The predicted molar refractivity (Wildman–Crippen MR) is 106 cm³/mol. The van der Waals surface area contributed by atoms with Gasteiger partial charge in [-0.1, -0.05) is 0 Å². The number of nitrogens with zero attached hydrogens (tertiary/aromatic N) is 3. The molecule has 0 radical (unpaired) electrons. The number of amides is 1. The molecule has 0 fully saturated rings. The molecule has 150 valence electrons. The van der Waals surface area contributed by atoms with Crippen LogP contribution in [0.25, 0.3) is 0 Å². The Labute approximate surface area is 170 Å². The van der Waals surface area contributed by atoms with E-state index < -0.39 is 28.5 Å². The molecule has 0 saturated heterocycles. The van der Waals surface area contributed by atoms with E-state index in [2.05, 4.69) is 25.6 Å². The topological polar surface area (TPSA) is 126 Å². The minimum Gasteiger partial charge on any atom is -0.355 e. The first-order valence-electron chi connectivity index (χ1n) is 9.55. The number of aromatic nitrogens is 3. The smallest absolute Gasteiger partial charge is 0.254 e. The maximum Gasteiger partial charge on any atom is 0.254 e. The van der Waals surface area contributed by atoms with Crippen LogP contribution in [0, 0.1) is 5.82 Å². The van der Waals surface area contributed by atoms with Crippen molar-refractivity contribution in [2.24, 2.45) is 0 Å². The van der Waals surface area contributed by atoms with Crippen LogP contribution < -0.4 is 16.0 Å². The van der Waals surface area contributed by atoms with Crippen molar-refractivity contribution >= 4 is 38.9 Å². The molecule has 0 aliphatic heterocycles. The van der Waals surface area contributed by atoms with Gasteiger partial charge < -0.3 is 16.0 Å². The zero-order valence-electron chi connectivity index (χ0n) is 18.0. The van der Waals surface area contributed by atoms with Gasteiger partial charge in [0.15, 0.2) is 9.84 Å². The molecule has 0 unspecified atom stereocenters. The Hall–Kier alpha value is -3.60. The minimum absolute atomic E-state index is 0.0231. The van der Waals surface area contributed by atoms with Crippen LogP contribution in [0.5, 0.6) is 0 Å². The van der Waals surface area contributed by atoms with Crippen LogP contribution in [0.4, 0.5) is 27.5 Å². The summed E-state index contributed by atoms with van der Waals surface area (Å²) in [7, 11) is -3.67. The van der Waals surface area contributed by atoms with E-state index in [1.165, 1.54) is 36.5 Å². The second-order valence-electron chi connectivity index (χ2n) is 5.80. The fourth-order valence-corrected chi connectivity index (χ4v) is 3.15. The predicted octanol–water partition coefficient (Wildman–Crippen LogP) is 2.26. The van der Waals surface area contributed by atoms with Crippen LogP contribution in [0.15, 0.2) is 53.8 Å². The lowest BCUT2D eigenvalue weighted by molar-refractivity contribution is 0.0963. The molecule has 0 spiro atoms. The van der Waals surface area contributed by atoms with Crippen LogP contribution in [-0.4, -0.2) is 42.5 Å². The summed E-state index contributed by atoms with van der Waals surface area (Å²) in [4.78, 5) is 24.3. The Morgan fingerprint density at radius 1 is 1.10 bits per heavy atom. The van der Waals surface area contributed by atoms with Gasteiger partial charge in [-0.05, 0) is 24.3 Å². The summed E-state index contributed by atoms with van der Waals surface area (Å²) < 4.78 is 59.0. The summed E-state index contributed by atoms with van der Waals surface area (Å²) in [6.45, 7) is -2.76. The number of rotatable bonds is 6. The molecule has 1 amide bonds. The lowest BCUT2D eigenvalue weighted by Gasteiger charge is -2.14. The van der Waals surface area contributed by atoms with Gasteiger partial charge >= 0.3 is 0 Å². The van der Waals surface area contributed by atoms with Crippen LogP contribution in [0.1, 0.15) is 14.5 Å². The Morgan fingerprint density at radius 3 is 2.59 bits per heavy atom. The largest absolute Gasteiger partial charge is 0.355 e. The third kappa shape index (κ3) is 4.82. The van der Waals surface area contributed by atoms with Crippen molar-refractivity contribution in [2.75, 3.05) is 23.9 Å². The summed E-state index contributed by atoms with van der Waals surface area (Å²) in [5.41, 5.74) is -0.154. The number of carbonyl (C=O) groups excluding carboxylic acids is 1. The summed E-state index contributed by atoms with van der Waals surface area (Å²) >= 11 is 0. The molecule has 3 heterocycles. The highest BCUT2D eigenvalue weighted by atomic mass is 32.2. The van der Waals surface area contributed by atoms with Crippen LogP contribution in [-0.2, 0) is 9.84 Å². The van der Waals surface area contributed by atoms with Crippen molar-refractivity contribution in [3.8, 4) is 0 Å². The molecule has 3 rings (SSSR count). The molecule has 3 aromatic heterocycles. The highest BCUT2D eigenvalue weighted by Crippen LogP contribution is 2.27. The Morgan fingerprint density at radius 2 is 1.90 bits per heavy atom. The molecule has 9 nitrogen and oxygen atoms in total. The second kappa shape index (κ2) is 8.19. The van der Waals surface area contributed by atoms with Gasteiger partial charge in [0.25, 0.3) is 5.91 Å². The standard InChI is InChI=1S/C18H17FN6O3S/c1-20-18(26)12-10-23-16(25-15-6-5-11(19)9-22-15)8-13(12)24-17-14(29(2,27)28)4-3-7-21-17/h3-10H,1-2H3,(H,20,26)(H2,21,22,23,24,25)/i1D3. The molecule has 0 saturated carbocycles. The van der Waals surface area contributed by atoms with Crippen LogP contribution in [0.3, 0.4) is 0 Å². The number of hydrogen-bond acceptors (Lipinski definition) is 8. The van der Waals surface area contributed by atoms with E-state index in [1.807, 2.05) is 5.32 Å². The minimum atomic E-state index is -3.67. The van der Waals surface area contributed by atoms with E-state index in [4.69, 9.17) is 4.11 Å². The number of carbonyl (C=O) groups is 1. The van der Waals surface area contributed by atoms with Gasteiger partial charge in [0.05, 0.1) is 17.4 Å². The van der Waals surface area contributed by atoms with Gasteiger partial charge in [0.1, 0.15) is 28.2 Å². The highest BCUT2D eigenvalue weighted by molar-refractivity contribution is 7.90. The summed E-state index contributed by atoms with van der Waals surface area (Å²) in [5.74, 6) is -1.17. The second-order valence-corrected chi connectivity index (χ2v) is 7.79. The number of halogens is 1. The molecule has 0 aliphatic carbocycles. The monoisotopic (exact) mass is 419 g/mol. The summed E-state index contributed by atoms with van der Waals surface area (Å²) in [6, 6.07) is 6.64. The maximum absolute atomic E-state index is 13.1. The zero-order valence-corrected chi connectivity index (χ0v) is 15.8. The normalized spacial score (nSPS) is 13.0. The highest BCUT2D eigenvalue weighted by Gasteiger charge is 2.18. The molecule has 3 aromatic rings. The third-order valence-corrected chi connectivity index (χ3v) is 4.80. The van der Waals surface area contributed by atoms with E-state index in [-0.39, 0.29) is 33.6 Å². The molecular formula is C18H17FN6O3S. The Balaban J connectivity index is 2.04. The van der Waals surface area contributed by atoms with E-state index in [1.54, 1.807) is 0 Å². The molecule has 0 bridgehead atoms. The molecule has 11 heteroatoms. The first-order chi connectivity index (χ1) is 14.9. The molecule has 0 aromatic carbocycles. The average molecular weight is 419 g/mol. The average Bonchev–Trinajstić information content (AvgIpc) is 2.68. The molecule has 3 N–H and O–H groups in total. The van der Waals surface area contributed by atoms with Gasteiger partial charge in [-0.2, -0.15) is 0 Å². The van der Waals surface area contributed by atoms with Crippen molar-refractivity contribution in [1.29, 1.82) is 0 Å². The number of pyridine rings is 3. The van der Waals surface area contributed by atoms with Crippen molar-refractivity contribution in [2.45, 2.75) is 4.90 Å². The Bertz CT molecular complexity index is 1250. The van der Waals surface area contributed by atoms with E-state index in [0.717, 1.165) is 18.6 Å². The van der Waals surface area contributed by atoms with Crippen molar-refractivity contribution in [1.82, 2.24) is 20.3 Å². The van der Waals surface area contributed by atoms with E-state index in [9.17, 15) is 17.6 Å². The van der Waals surface area contributed by atoms with E-state index >= 15 is 0 Å². The summed E-state index contributed by atoms with van der Waals surface area (Å²) in [5, 5.41) is 7.41.